The molecule has 1 aromatic rings. The first kappa shape index (κ1) is 12.6. The highest BCUT2D eigenvalue weighted by Gasteiger charge is 2.41. The minimum atomic E-state index is -4.29. The Hall–Kier alpha value is -1.39. The summed E-state index contributed by atoms with van der Waals surface area (Å²) in [5.41, 5.74) is 0.865. The highest BCUT2D eigenvalue weighted by Crippen LogP contribution is 2.44. The molecule has 1 fully saturated rings. The van der Waals surface area contributed by atoms with Gasteiger partial charge in [0.25, 0.3) is 0 Å². The highest BCUT2D eigenvalue weighted by molar-refractivity contribution is 5.71. The molecule has 0 spiro atoms. The van der Waals surface area contributed by atoms with Crippen LogP contribution in [0.25, 0.3) is 0 Å². The molecule has 2 nitrogen and oxygen atoms in total. The SMILES string of the molecule is CC12CCCC1Nc1ccc(C(F)(F)F)cc1NC2. The molecule has 1 heterocycles. The summed E-state index contributed by atoms with van der Waals surface area (Å²) in [6.07, 6.45) is -0.926. The normalized spacial score (nSPS) is 29.8. The number of rotatable bonds is 0. The minimum absolute atomic E-state index is 0.122. The number of halogens is 3. The van der Waals surface area contributed by atoms with Crippen LogP contribution in [-0.4, -0.2) is 12.6 Å². The molecule has 1 aromatic carbocycles. The van der Waals surface area contributed by atoms with Crippen LogP contribution in [0.2, 0.25) is 0 Å². The number of hydrogen-bond donors (Lipinski definition) is 2. The van der Waals surface area contributed by atoms with Gasteiger partial charge in [-0.3, -0.25) is 0 Å². The first-order valence-electron chi connectivity index (χ1n) is 6.60. The molecule has 0 radical (unpaired) electrons. The van der Waals surface area contributed by atoms with Crippen molar-refractivity contribution in [2.45, 2.75) is 38.4 Å². The van der Waals surface area contributed by atoms with E-state index >= 15 is 0 Å². The second-order valence-electron chi connectivity index (χ2n) is 5.85. The Balaban J connectivity index is 1.95. The zero-order valence-electron chi connectivity index (χ0n) is 10.8. The van der Waals surface area contributed by atoms with Crippen LogP contribution in [0.15, 0.2) is 18.2 Å². The van der Waals surface area contributed by atoms with E-state index in [0.29, 0.717) is 11.7 Å². The lowest BCUT2D eigenvalue weighted by Gasteiger charge is -2.29. The van der Waals surface area contributed by atoms with Crippen LogP contribution in [0, 0.1) is 5.41 Å². The van der Waals surface area contributed by atoms with Gasteiger partial charge in [-0.15, -0.1) is 0 Å². The van der Waals surface area contributed by atoms with Crippen molar-refractivity contribution in [2.24, 2.45) is 5.41 Å². The van der Waals surface area contributed by atoms with Gasteiger partial charge < -0.3 is 10.6 Å². The third-order valence-electron chi connectivity index (χ3n) is 4.44. The average Bonchev–Trinajstić information content (AvgIpc) is 2.62. The summed E-state index contributed by atoms with van der Waals surface area (Å²) in [6, 6.07) is 4.23. The molecule has 1 aliphatic heterocycles. The predicted octanol–water partition coefficient (Wildman–Crippen LogP) is 4.10. The first-order valence-corrected chi connectivity index (χ1v) is 6.60. The summed E-state index contributed by atoms with van der Waals surface area (Å²) in [5.74, 6) is 0. The van der Waals surface area contributed by atoms with E-state index in [9.17, 15) is 13.2 Å². The molecule has 0 amide bonds. The monoisotopic (exact) mass is 270 g/mol. The highest BCUT2D eigenvalue weighted by atomic mass is 19.4. The predicted molar refractivity (Wildman–Crippen MR) is 69.3 cm³/mol. The molecule has 2 atom stereocenters. The van der Waals surface area contributed by atoms with E-state index in [2.05, 4.69) is 17.6 Å². The van der Waals surface area contributed by atoms with Crippen LogP contribution in [0.5, 0.6) is 0 Å². The Morgan fingerprint density at radius 2 is 2.05 bits per heavy atom. The van der Waals surface area contributed by atoms with Crippen LogP contribution in [0.3, 0.4) is 0 Å². The van der Waals surface area contributed by atoms with E-state index in [0.717, 1.165) is 31.1 Å². The fraction of sp³-hybridized carbons (Fsp3) is 0.571. The van der Waals surface area contributed by atoms with Gasteiger partial charge in [-0.25, -0.2) is 0 Å². The summed E-state index contributed by atoms with van der Waals surface area (Å²) in [5, 5.41) is 6.60. The number of benzene rings is 1. The molecule has 5 heteroatoms. The van der Waals surface area contributed by atoms with Crippen LogP contribution in [0.1, 0.15) is 31.7 Å². The fourth-order valence-corrected chi connectivity index (χ4v) is 3.17. The third kappa shape index (κ3) is 2.15. The lowest BCUT2D eigenvalue weighted by atomic mass is 9.85. The third-order valence-corrected chi connectivity index (χ3v) is 4.44. The molecule has 19 heavy (non-hydrogen) atoms. The van der Waals surface area contributed by atoms with Crippen molar-refractivity contribution in [3.05, 3.63) is 23.8 Å². The Kier molecular flexibility index (Phi) is 2.69. The maximum absolute atomic E-state index is 12.7. The minimum Gasteiger partial charge on any atom is -0.383 e. The van der Waals surface area contributed by atoms with E-state index < -0.39 is 11.7 Å². The smallest absolute Gasteiger partial charge is 0.383 e. The number of hydrogen-bond acceptors (Lipinski definition) is 2. The lowest BCUT2D eigenvalue weighted by molar-refractivity contribution is -0.137. The van der Waals surface area contributed by atoms with Gasteiger partial charge in [0.1, 0.15) is 0 Å². The molecule has 3 rings (SSSR count). The molecule has 1 aliphatic carbocycles. The molecule has 2 N–H and O–H groups in total. The molecule has 0 aromatic heterocycles. The number of anilines is 2. The van der Waals surface area contributed by atoms with Gasteiger partial charge in [0.05, 0.1) is 16.9 Å². The Labute approximate surface area is 110 Å². The largest absolute Gasteiger partial charge is 0.416 e. The van der Waals surface area contributed by atoms with Crippen molar-refractivity contribution >= 4 is 11.4 Å². The Morgan fingerprint density at radius 1 is 1.26 bits per heavy atom. The Bertz CT molecular complexity index is 498. The van der Waals surface area contributed by atoms with Gasteiger partial charge in [-0.2, -0.15) is 13.2 Å². The van der Waals surface area contributed by atoms with Gasteiger partial charge >= 0.3 is 6.18 Å². The van der Waals surface area contributed by atoms with Crippen molar-refractivity contribution in [3.63, 3.8) is 0 Å². The molecular formula is C14H17F3N2. The zero-order chi connectivity index (χ0) is 13.7. The summed E-state index contributed by atoms with van der Waals surface area (Å²) in [6.45, 7) is 2.92. The summed E-state index contributed by atoms with van der Waals surface area (Å²) in [4.78, 5) is 0. The van der Waals surface area contributed by atoms with Gasteiger partial charge in [-0.05, 0) is 31.0 Å². The van der Waals surface area contributed by atoms with Crippen molar-refractivity contribution in [1.29, 1.82) is 0 Å². The van der Waals surface area contributed by atoms with Crippen molar-refractivity contribution in [3.8, 4) is 0 Å². The molecule has 2 unspecified atom stereocenters. The van der Waals surface area contributed by atoms with Gasteiger partial charge in [0.2, 0.25) is 0 Å². The quantitative estimate of drug-likeness (QED) is 0.741. The van der Waals surface area contributed by atoms with Crippen LogP contribution in [0.4, 0.5) is 24.5 Å². The zero-order valence-corrected chi connectivity index (χ0v) is 10.8. The Morgan fingerprint density at radius 3 is 2.79 bits per heavy atom. The average molecular weight is 270 g/mol. The molecule has 0 saturated heterocycles. The van der Waals surface area contributed by atoms with Crippen LogP contribution < -0.4 is 10.6 Å². The second kappa shape index (κ2) is 4.05. The molecule has 2 aliphatic rings. The fourth-order valence-electron chi connectivity index (χ4n) is 3.17. The van der Waals surface area contributed by atoms with Crippen molar-refractivity contribution in [1.82, 2.24) is 0 Å². The summed E-state index contributed by atoms with van der Waals surface area (Å²) >= 11 is 0. The second-order valence-corrected chi connectivity index (χ2v) is 5.85. The van der Waals surface area contributed by atoms with Crippen molar-refractivity contribution in [2.75, 3.05) is 17.2 Å². The van der Waals surface area contributed by atoms with Crippen LogP contribution in [-0.2, 0) is 6.18 Å². The standard InChI is InChI=1S/C14H17F3N2/c1-13-6-2-3-12(13)19-10-5-4-9(14(15,16)17)7-11(10)18-8-13/h4-5,7,12,18-19H,2-3,6,8H2,1H3. The molecule has 1 saturated carbocycles. The van der Waals surface area contributed by atoms with E-state index in [1.807, 2.05) is 0 Å². The maximum Gasteiger partial charge on any atom is 0.416 e. The van der Waals surface area contributed by atoms with E-state index in [1.165, 1.54) is 18.6 Å². The number of alkyl halides is 3. The summed E-state index contributed by atoms with van der Waals surface area (Å²) < 4.78 is 38.2. The van der Waals surface area contributed by atoms with E-state index in [4.69, 9.17) is 0 Å². The number of fused-ring (bicyclic) bond motifs is 2. The van der Waals surface area contributed by atoms with Gasteiger partial charge in [0, 0.05) is 18.0 Å². The lowest BCUT2D eigenvalue weighted by Crippen LogP contribution is -2.36. The van der Waals surface area contributed by atoms with E-state index in [-0.39, 0.29) is 5.41 Å². The first-order chi connectivity index (χ1) is 8.88. The van der Waals surface area contributed by atoms with E-state index in [1.54, 1.807) is 0 Å². The maximum atomic E-state index is 12.7. The van der Waals surface area contributed by atoms with Crippen molar-refractivity contribution < 1.29 is 13.2 Å². The molecule has 0 bridgehead atoms. The van der Waals surface area contributed by atoms with Gasteiger partial charge in [0.15, 0.2) is 0 Å². The van der Waals surface area contributed by atoms with Gasteiger partial charge in [-0.1, -0.05) is 13.3 Å². The molecule has 104 valence electrons. The molecular weight excluding hydrogens is 253 g/mol. The summed E-state index contributed by atoms with van der Waals surface area (Å²) in [7, 11) is 0. The topological polar surface area (TPSA) is 24.1 Å². The van der Waals surface area contributed by atoms with Crippen LogP contribution >= 0.6 is 0 Å². The number of nitrogens with one attached hydrogen (secondary N) is 2.